The van der Waals surface area contributed by atoms with Gasteiger partial charge in [0, 0.05) is 11.1 Å². The van der Waals surface area contributed by atoms with E-state index >= 15 is 0 Å². The highest BCUT2D eigenvalue weighted by molar-refractivity contribution is 5.88. The predicted octanol–water partition coefficient (Wildman–Crippen LogP) is 2.22. The van der Waals surface area contributed by atoms with Gasteiger partial charge in [0.05, 0.1) is 18.1 Å². The molecule has 0 amide bonds. The lowest BCUT2D eigenvalue weighted by atomic mass is 10.1. The van der Waals surface area contributed by atoms with Crippen molar-refractivity contribution in [1.29, 1.82) is 0 Å². The first-order valence-electron chi connectivity index (χ1n) is 6.47. The summed E-state index contributed by atoms with van der Waals surface area (Å²) in [6.07, 6.45) is 3.34. The molecule has 20 heavy (non-hydrogen) atoms. The van der Waals surface area contributed by atoms with Crippen LogP contribution in [0, 0.1) is 0 Å². The molecule has 6 heteroatoms. The number of rotatable bonds is 4. The SMILES string of the molecule is CCO/N=C/c1cn[nH]c1-c1ccc2c(c1)OCCO2. The summed E-state index contributed by atoms with van der Waals surface area (Å²) in [6, 6.07) is 5.78. The van der Waals surface area contributed by atoms with Crippen LogP contribution < -0.4 is 9.47 Å². The highest BCUT2D eigenvalue weighted by atomic mass is 16.6. The van der Waals surface area contributed by atoms with Gasteiger partial charge < -0.3 is 14.3 Å². The van der Waals surface area contributed by atoms with E-state index in [1.165, 1.54) is 0 Å². The Morgan fingerprint density at radius 3 is 3.05 bits per heavy atom. The van der Waals surface area contributed by atoms with Crippen molar-refractivity contribution < 1.29 is 14.3 Å². The number of H-pyrrole nitrogens is 1. The number of nitrogens with zero attached hydrogens (tertiary/aromatic N) is 2. The second-order valence-corrected chi connectivity index (χ2v) is 4.21. The zero-order chi connectivity index (χ0) is 13.8. The van der Waals surface area contributed by atoms with Crippen LogP contribution in [0.1, 0.15) is 12.5 Å². The van der Waals surface area contributed by atoms with Crippen LogP contribution in [-0.2, 0) is 4.84 Å². The molecule has 0 fully saturated rings. The molecule has 0 bridgehead atoms. The highest BCUT2D eigenvalue weighted by Gasteiger charge is 2.14. The number of hydrogen-bond donors (Lipinski definition) is 1. The Bertz CT molecular complexity index is 622. The van der Waals surface area contributed by atoms with Crippen molar-refractivity contribution in [1.82, 2.24) is 10.2 Å². The lowest BCUT2D eigenvalue weighted by Gasteiger charge is -2.18. The summed E-state index contributed by atoms with van der Waals surface area (Å²) < 4.78 is 11.1. The third-order valence-electron chi connectivity index (χ3n) is 2.89. The van der Waals surface area contributed by atoms with Gasteiger partial charge in [0.2, 0.25) is 0 Å². The smallest absolute Gasteiger partial charge is 0.162 e. The van der Waals surface area contributed by atoms with Crippen molar-refractivity contribution in [3.63, 3.8) is 0 Å². The lowest BCUT2D eigenvalue weighted by molar-refractivity contribution is 0.160. The Balaban J connectivity index is 1.91. The molecule has 104 valence electrons. The molecule has 1 aromatic carbocycles. The van der Waals surface area contributed by atoms with Crippen molar-refractivity contribution in [2.75, 3.05) is 19.8 Å². The largest absolute Gasteiger partial charge is 0.486 e. The average Bonchev–Trinajstić information content (AvgIpc) is 2.95. The monoisotopic (exact) mass is 273 g/mol. The van der Waals surface area contributed by atoms with Crippen LogP contribution in [0.15, 0.2) is 29.6 Å². The molecular formula is C14H15N3O3. The molecule has 2 heterocycles. The van der Waals surface area contributed by atoms with E-state index in [0.29, 0.717) is 19.8 Å². The number of aromatic amines is 1. The Labute approximate surface area is 116 Å². The topological polar surface area (TPSA) is 68.7 Å². The molecular weight excluding hydrogens is 258 g/mol. The number of ether oxygens (including phenoxy) is 2. The molecule has 1 aliphatic heterocycles. The average molecular weight is 273 g/mol. The molecule has 0 atom stereocenters. The van der Waals surface area contributed by atoms with E-state index in [4.69, 9.17) is 14.3 Å². The summed E-state index contributed by atoms with van der Waals surface area (Å²) in [5.41, 5.74) is 2.69. The first-order valence-corrected chi connectivity index (χ1v) is 6.47. The van der Waals surface area contributed by atoms with E-state index in [-0.39, 0.29) is 0 Å². The minimum Gasteiger partial charge on any atom is -0.486 e. The van der Waals surface area contributed by atoms with Gasteiger partial charge in [0.1, 0.15) is 19.8 Å². The second-order valence-electron chi connectivity index (χ2n) is 4.21. The third kappa shape index (κ3) is 2.45. The third-order valence-corrected chi connectivity index (χ3v) is 2.89. The molecule has 1 N–H and O–H groups in total. The zero-order valence-corrected chi connectivity index (χ0v) is 11.1. The van der Waals surface area contributed by atoms with Gasteiger partial charge in [0.25, 0.3) is 0 Å². The maximum atomic E-state index is 5.58. The molecule has 3 rings (SSSR count). The maximum Gasteiger partial charge on any atom is 0.162 e. The molecule has 0 saturated carbocycles. The van der Waals surface area contributed by atoms with Crippen LogP contribution in [0.4, 0.5) is 0 Å². The molecule has 6 nitrogen and oxygen atoms in total. The zero-order valence-electron chi connectivity index (χ0n) is 11.1. The van der Waals surface area contributed by atoms with Crippen LogP contribution in [0.5, 0.6) is 11.5 Å². The van der Waals surface area contributed by atoms with Gasteiger partial charge >= 0.3 is 0 Å². The van der Waals surface area contributed by atoms with Crippen LogP contribution in [0.2, 0.25) is 0 Å². The molecule has 0 saturated heterocycles. The fraction of sp³-hybridized carbons (Fsp3) is 0.286. The van der Waals surface area contributed by atoms with E-state index in [1.54, 1.807) is 12.4 Å². The van der Waals surface area contributed by atoms with Crippen LogP contribution in [-0.4, -0.2) is 36.2 Å². The van der Waals surface area contributed by atoms with Crippen LogP contribution in [0.3, 0.4) is 0 Å². The Hall–Kier alpha value is -2.50. The number of fused-ring (bicyclic) bond motifs is 1. The van der Waals surface area contributed by atoms with Crippen molar-refractivity contribution in [3.05, 3.63) is 30.0 Å². The van der Waals surface area contributed by atoms with E-state index < -0.39 is 0 Å². The summed E-state index contributed by atoms with van der Waals surface area (Å²) in [5, 5.41) is 10.9. The molecule has 1 aliphatic rings. The number of oxime groups is 1. The Kier molecular flexibility index (Phi) is 3.54. The van der Waals surface area contributed by atoms with E-state index in [1.807, 2.05) is 25.1 Å². The highest BCUT2D eigenvalue weighted by Crippen LogP contribution is 2.34. The van der Waals surface area contributed by atoms with Gasteiger partial charge in [-0.3, -0.25) is 5.10 Å². The lowest BCUT2D eigenvalue weighted by Crippen LogP contribution is -2.15. The molecule has 1 aromatic heterocycles. The minimum atomic E-state index is 0.535. The fourth-order valence-corrected chi connectivity index (χ4v) is 1.99. The quantitative estimate of drug-likeness (QED) is 0.685. The van der Waals surface area contributed by atoms with Gasteiger partial charge in [0.15, 0.2) is 11.5 Å². The standard InChI is InChI=1S/C14H15N3O3/c1-2-20-16-9-11-8-15-17-14(11)10-3-4-12-13(7-10)19-6-5-18-12/h3-4,7-9H,2,5-6H2,1H3,(H,15,17)/b16-9+. The minimum absolute atomic E-state index is 0.535. The van der Waals surface area contributed by atoms with Gasteiger partial charge in [-0.15, -0.1) is 0 Å². The fourth-order valence-electron chi connectivity index (χ4n) is 1.99. The number of hydrogen-bond acceptors (Lipinski definition) is 5. The van der Waals surface area contributed by atoms with Crippen LogP contribution >= 0.6 is 0 Å². The number of nitrogens with one attached hydrogen (secondary N) is 1. The Morgan fingerprint density at radius 2 is 2.20 bits per heavy atom. The Morgan fingerprint density at radius 1 is 1.35 bits per heavy atom. The van der Waals surface area contributed by atoms with Crippen molar-refractivity contribution in [2.24, 2.45) is 5.16 Å². The van der Waals surface area contributed by atoms with E-state index in [9.17, 15) is 0 Å². The summed E-state index contributed by atoms with van der Waals surface area (Å²) in [4.78, 5) is 4.97. The van der Waals surface area contributed by atoms with Gasteiger partial charge in [-0.1, -0.05) is 5.16 Å². The maximum absolute atomic E-state index is 5.58. The molecule has 0 radical (unpaired) electrons. The van der Waals surface area contributed by atoms with Gasteiger partial charge in [-0.2, -0.15) is 5.10 Å². The van der Waals surface area contributed by atoms with Gasteiger partial charge in [-0.05, 0) is 25.1 Å². The summed E-state index contributed by atoms with van der Waals surface area (Å²) in [6.45, 7) is 3.57. The molecule has 0 spiro atoms. The summed E-state index contributed by atoms with van der Waals surface area (Å²) in [5.74, 6) is 1.51. The molecule has 2 aromatic rings. The van der Waals surface area contributed by atoms with E-state index in [2.05, 4.69) is 15.4 Å². The summed E-state index contributed by atoms with van der Waals surface area (Å²) >= 11 is 0. The van der Waals surface area contributed by atoms with Crippen molar-refractivity contribution in [2.45, 2.75) is 6.92 Å². The number of benzene rings is 1. The molecule has 0 unspecified atom stereocenters. The van der Waals surface area contributed by atoms with Crippen molar-refractivity contribution in [3.8, 4) is 22.8 Å². The first-order chi connectivity index (χ1) is 9.88. The summed E-state index contributed by atoms with van der Waals surface area (Å²) in [7, 11) is 0. The molecule has 0 aliphatic carbocycles. The normalized spacial score (nSPS) is 13.7. The van der Waals surface area contributed by atoms with E-state index in [0.717, 1.165) is 28.3 Å². The second kappa shape index (κ2) is 5.64. The van der Waals surface area contributed by atoms with Crippen LogP contribution in [0.25, 0.3) is 11.3 Å². The van der Waals surface area contributed by atoms with Crippen molar-refractivity contribution >= 4 is 6.21 Å². The van der Waals surface area contributed by atoms with Gasteiger partial charge in [-0.25, -0.2) is 0 Å². The predicted molar refractivity (Wildman–Crippen MR) is 74.2 cm³/mol. The number of aromatic nitrogens is 2. The first kappa shape index (κ1) is 12.5.